The van der Waals surface area contributed by atoms with Crippen LogP contribution in [0.25, 0.3) is 0 Å². The minimum absolute atomic E-state index is 0.239. The summed E-state index contributed by atoms with van der Waals surface area (Å²) in [4.78, 5) is 13.5. The number of sulfonamides is 1. The number of carbonyl (C=O) groups is 1. The molecule has 2 aromatic rings. The summed E-state index contributed by atoms with van der Waals surface area (Å²) in [5.74, 6) is -0.239. The van der Waals surface area contributed by atoms with Crippen LogP contribution in [0.1, 0.15) is 55.7 Å². The Kier molecular flexibility index (Phi) is 6.25. The first-order valence-electron chi connectivity index (χ1n) is 11.0. The lowest BCUT2D eigenvalue weighted by molar-refractivity contribution is -0.120. The maximum absolute atomic E-state index is 13.5. The molecule has 1 amide bonds. The van der Waals surface area contributed by atoms with Crippen molar-refractivity contribution >= 4 is 21.6 Å². The highest BCUT2D eigenvalue weighted by Gasteiger charge is 2.38. The zero-order chi connectivity index (χ0) is 21.1. The molecule has 5 nitrogen and oxygen atoms in total. The Bertz CT molecular complexity index is 1030. The maximum Gasteiger partial charge on any atom is 0.243 e. The molecule has 2 aliphatic rings. The maximum atomic E-state index is 13.5. The van der Waals surface area contributed by atoms with Crippen LogP contribution in [-0.4, -0.2) is 31.2 Å². The molecule has 2 aromatic carbocycles. The molecule has 1 saturated heterocycles. The first-order chi connectivity index (χ1) is 14.5. The van der Waals surface area contributed by atoms with E-state index in [4.69, 9.17) is 0 Å². The average Bonchev–Trinajstić information content (AvgIpc) is 2.79. The Morgan fingerprint density at radius 1 is 1.03 bits per heavy atom. The van der Waals surface area contributed by atoms with Crippen LogP contribution >= 0.6 is 0 Å². The number of piperidine rings is 1. The second kappa shape index (κ2) is 8.90. The SMILES string of the molecule is CCc1ccccc1NC(=O)C1CCCCN1S(=O)(=O)c1ccc2c(c1)CCCC2. The highest BCUT2D eigenvalue weighted by molar-refractivity contribution is 7.89. The fourth-order valence-electron chi connectivity index (χ4n) is 4.63. The number of hydrogen-bond donors (Lipinski definition) is 1. The van der Waals surface area contributed by atoms with Crippen molar-refractivity contribution in [2.24, 2.45) is 0 Å². The number of benzene rings is 2. The molecular formula is C24H30N2O3S. The summed E-state index contributed by atoms with van der Waals surface area (Å²) >= 11 is 0. The van der Waals surface area contributed by atoms with E-state index in [0.717, 1.165) is 61.8 Å². The summed E-state index contributed by atoms with van der Waals surface area (Å²) in [7, 11) is -3.73. The van der Waals surface area contributed by atoms with Gasteiger partial charge in [-0.25, -0.2) is 8.42 Å². The second-order valence-corrected chi connectivity index (χ2v) is 10.2. The van der Waals surface area contributed by atoms with Crippen LogP contribution in [0.15, 0.2) is 47.4 Å². The molecule has 1 aliphatic carbocycles. The molecule has 0 radical (unpaired) electrons. The van der Waals surface area contributed by atoms with Crippen LogP contribution in [0.5, 0.6) is 0 Å². The molecule has 6 heteroatoms. The predicted molar refractivity (Wildman–Crippen MR) is 119 cm³/mol. The van der Waals surface area contributed by atoms with Crippen molar-refractivity contribution < 1.29 is 13.2 Å². The summed E-state index contributed by atoms with van der Waals surface area (Å²) in [5, 5.41) is 2.99. The number of nitrogens with zero attached hydrogens (tertiary/aromatic N) is 1. The van der Waals surface area contributed by atoms with Gasteiger partial charge >= 0.3 is 0 Å². The molecule has 0 saturated carbocycles. The van der Waals surface area contributed by atoms with E-state index in [0.29, 0.717) is 17.9 Å². The molecule has 0 aromatic heterocycles. The Balaban J connectivity index is 1.60. The van der Waals surface area contributed by atoms with Gasteiger partial charge in [-0.3, -0.25) is 4.79 Å². The molecule has 1 N–H and O–H groups in total. The topological polar surface area (TPSA) is 66.5 Å². The van der Waals surface area contributed by atoms with E-state index in [2.05, 4.69) is 5.32 Å². The normalized spacial score (nSPS) is 19.8. The van der Waals surface area contributed by atoms with Gasteiger partial charge in [-0.15, -0.1) is 0 Å². The predicted octanol–water partition coefficient (Wildman–Crippen LogP) is 4.31. The van der Waals surface area contributed by atoms with Crippen LogP contribution < -0.4 is 5.32 Å². The van der Waals surface area contributed by atoms with Crippen molar-refractivity contribution in [2.45, 2.75) is 69.2 Å². The fraction of sp³-hybridized carbons (Fsp3) is 0.458. The molecule has 0 bridgehead atoms. The number of fused-ring (bicyclic) bond motifs is 1. The summed E-state index contributed by atoms with van der Waals surface area (Å²) in [6.45, 7) is 2.42. The Hall–Kier alpha value is -2.18. The van der Waals surface area contributed by atoms with E-state index in [1.54, 1.807) is 6.07 Å². The zero-order valence-electron chi connectivity index (χ0n) is 17.6. The summed E-state index contributed by atoms with van der Waals surface area (Å²) in [5.41, 5.74) is 4.20. The van der Waals surface area contributed by atoms with Gasteiger partial charge in [0.25, 0.3) is 0 Å². The minimum Gasteiger partial charge on any atom is -0.324 e. The van der Waals surface area contributed by atoms with Gasteiger partial charge in [0.1, 0.15) is 6.04 Å². The van der Waals surface area contributed by atoms with Crippen LogP contribution in [0.4, 0.5) is 5.69 Å². The fourth-order valence-corrected chi connectivity index (χ4v) is 6.33. The van der Waals surface area contributed by atoms with Crippen molar-refractivity contribution in [1.82, 2.24) is 4.31 Å². The third-order valence-corrected chi connectivity index (χ3v) is 8.24. The van der Waals surface area contributed by atoms with Crippen molar-refractivity contribution in [3.8, 4) is 0 Å². The highest BCUT2D eigenvalue weighted by Crippen LogP contribution is 2.30. The monoisotopic (exact) mass is 426 g/mol. The largest absolute Gasteiger partial charge is 0.324 e. The first kappa shape index (κ1) is 21.1. The Morgan fingerprint density at radius 3 is 2.60 bits per heavy atom. The molecule has 30 heavy (non-hydrogen) atoms. The smallest absolute Gasteiger partial charge is 0.243 e. The van der Waals surface area contributed by atoms with E-state index in [1.807, 2.05) is 43.3 Å². The van der Waals surface area contributed by atoms with E-state index >= 15 is 0 Å². The first-order valence-corrected chi connectivity index (χ1v) is 12.5. The molecule has 0 spiro atoms. The average molecular weight is 427 g/mol. The highest BCUT2D eigenvalue weighted by atomic mass is 32.2. The Morgan fingerprint density at radius 2 is 1.80 bits per heavy atom. The van der Waals surface area contributed by atoms with Crippen molar-refractivity contribution in [2.75, 3.05) is 11.9 Å². The molecule has 1 atom stereocenters. The van der Waals surface area contributed by atoms with Crippen LogP contribution in [0.2, 0.25) is 0 Å². The lowest BCUT2D eigenvalue weighted by Crippen LogP contribution is -2.49. The van der Waals surface area contributed by atoms with Gasteiger partial charge in [0.2, 0.25) is 15.9 Å². The molecule has 1 heterocycles. The third-order valence-electron chi connectivity index (χ3n) is 6.34. The summed E-state index contributed by atoms with van der Waals surface area (Å²) in [6, 6.07) is 12.5. The van der Waals surface area contributed by atoms with Gasteiger partial charge in [0.15, 0.2) is 0 Å². The number of amides is 1. The van der Waals surface area contributed by atoms with E-state index in [9.17, 15) is 13.2 Å². The van der Waals surface area contributed by atoms with Gasteiger partial charge < -0.3 is 5.32 Å². The van der Waals surface area contributed by atoms with Crippen LogP contribution in [-0.2, 0) is 34.1 Å². The zero-order valence-corrected chi connectivity index (χ0v) is 18.4. The van der Waals surface area contributed by atoms with Gasteiger partial charge in [-0.2, -0.15) is 4.31 Å². The van der Waals surface area contributed by atoms with Crippen molar-refractivity contribution in [3.63, 3.8) is 0 Å². The number of nitrogens with one attached hydrogen (secondary N) is 1. The number of anilines is 1. The second-order valence-electron chi connectivity index (χ2n) is 8.26. The number of carbonyl (C=O) groups excluding carboxylic acids is 1. The van der Waals surface area contributed by atoms with Gasteiger partial charge in [-0.1, -0.05) is 37.6 Å². The molecule has 1 unspecified atom stereocenters. The van der Waals surface area contributed by atoms with Crippen LogP contribution in [0, 0.1) is 0 Å². The van der Waals surface area contributed by atoms with Gasteiger partial charge in [-0.05, 0) is 79.8 Å². The van der Waals surface area contributed by atoms with Crippen molar-refractivity contribution in [1.29, 1.82) is 0 Å². The summed E-state index contributed by atoms with van der Waals surface area (Å²) < 4.78 is 28.4. The van der Waals surface area contributed by atoms with Crippen molar-refractivity contribution in [3.05, 3.63) is 59.2 Å². The number of aryl methyl sites for hydroxylation is 3. The quantitative estimate of drug-likeness (QED) is 0.775. The molecule has 4 rings (SSSR count). The Labute approximate surface area is 179 Å². The molecule has 160 valence electrons. The van der Waals surface area contributed by atoms with E-state index < -0.39 is 16.1 Å². The number of rotatable bonds is 5. The lowest BCUT2D eigenvalue weighted by atomic mass is 9.92. The van der Waals surface area contributed by atoms with E-state index in [-0.39, 0.29) is 5.91 Å². The number of hydrogen-bond acceptors (Lipinski definition) is 3. The summed E-state index contributed by atoms with van der Waals surface area (Å²) in [6.07, 6.45) is 7.18. The minimum atomic E-state index is -3.73. The van der Waals surface area contributed by atoms with Crippen LogP contribution in [0.3, 0.4) is 0 Å². The van der Waals surface area contributed by atoms with Gasteiger partial charge in [0, 0.05) is 12.2 Å². The molecule has 1 aliphatic heterocycles. The number of para-hydroxylation sites is 1. The van der Waals surface area contributed by atoms with Gasteiger partial charge in [0.05, 0.1) is 4.90 Å². The standard InChI is InChI=1S/C24H30N2O3S/c1-2-18-9-5-6-12-22(18)25-24(27)23-13-7-8-16-26(23)30(28,29)21-15-14-19-10-3-4-11-20(19)17-21/h5-6,9,12,14-15,17,23H,2-4,7-8,10-11,13,16H2,1H3,(H,25,27). The van der Waals surface area contributed by atoms with E-state index in [1.165, 1.54) is 9.87 Å². The molecular weight excluding hydrogens is 396 g/mol. The third kappa shape index (κ3) is 4.16. The lowest BCUT2D eigenvalue weighted by Gasteiger charge is -2.34. The molecule has 1 fully saturated rings.